The van der Waals surface area contributed by atoms with E-state index in [1.54, 1.807) is 10.7 Å². The van der Waals surface area contributed by atoms with E-state index in [-0.39, 0.29) is 18.3 Å². The standard InChI is InChI=1S/C17H22F2N4O/c1-24-15-4-2-3-14(17(15)19)13-5-8-22(9-6-13)11-16-20-12-21-23(16)10-7-18/h2-4,12-13H,5-11H2,1H3. The Kier molecular flexibility index (Phi) is 5.40. The predicted octanol–water partition coefficient (Wildman–Crippen LogP) is 2.77. The van der Waals surface area contributed by atoms with Gasteiger partial charge in [-0.05, 0) is 43.5 Å². The molecule has 0 atom stereocenters. The number of nitrogens with zero attached hydrogens (tertiary/aromatic N) is 4. The highest BCUT2D eigenvalue weighted by Gasteiger charge is 2.25. The summed E-state index contributed by atoms with van der Waals surface area (Å²) >= 11 is 0. The van der Waals surface area contributed by atoms with Crippen LogP contribution in [0.25, 0.3) is 0 Å². The van der Waals surface area contributed by atoms with Crippen molar-refractivity contribution < 1.29 is 13.5 Å². The van der Waals surface area contributed by atoms with Crippen LogP contribution in [0.15, 0.2) is 24.5 Å². The van der Waals surface area contributed by atoms with Crippen molar-refractivity contribution in [3.05, 3.63) is 41.7 Å². The number of methoxy groups -OCH3 is 1. The van der Waals surface area contributed by atoms with E-state index in [0.717, 1.165) is 37.3 Å². The molecule has 0 bridgehead atoms. The first-order chi connectivity index (χ1) is 11.7. The van der Waals surface area contributed by atoms with Crippen molar-refractivity contribution in [1.82, 2.24) is 19.7 Å². The minimum Gasteiger partial charge on any atom is -0.494 e. The zero-order chi connectivity index (χ0) is 16.9. The molecule has 1 aliphatic heterocycles. The van der Waals surface area contributed by atoms with Crippen LogP contribution in [-0.2, 0) is 13.1 Å². The van der Waals surface area contributed by atoms with Gasteiger partial charge in [0.05, 0.1) is 20.2 Å². The second-order valence-electron chi connectivity index (χ2n) is 6.00. The van der Waals surface area contributed by atoms with Crippen LogP contribution in [0.3, 0.4) is 0 Å². The lowest BCUT2D eigenvalue weighted by atomic mass is 9.89. The van der Waals surface area contributed by atoms with Crippen LogP contribution in [0.5, 0.6) is 5.75 Å². The number of piperidine rings is 1. The van der Waals surface area contributed by atoms with E-state index in [9.17, 15) is 8.78 Å². The lowest BCUT2D eigenvalue weighted by molar-refractivity contribution is 0.194. The molecule has 0 amide bonds. The molecule has 1 aromatic carbocycles. The molecule has 0 N–H and O–H groups in total. The minimum atomic E-state index is -0.451. The first kappa shape index (κ1) is 16.8. The number of alkyl halides is 1. The van der Waals surface area contributed by atoms with E-state index in [2.05, 4.69) is 15.0 Å². The molecule has 0 saturated carbocycles. The van der Waals surface area contributed by atoms with Gasteiger partial charge in [0.2, 0.25) is 0 Å². The summed E-state index contributed by atoms with van der Waals surface area (Å²) in [4.78, 5) is 6.47. The summed E-state index contributed by atoms with van der Waals surface area (Å²) < 4.78 is 33.6. The van der Waals surface area contributed by atoms with Crippen molar-refractivity contribution in [3.8, 4) is 5.75 Å². The van der Waals surface area contributed by atoms with E-state index in [1.165, 1.54) is 13.4 Å². The molecule has 0 radical (unpaired) electrons. The normalized spacial score (nSPS) is 16.5. The van der Waals surface area contributed by atoms with Gasteiger partial charge in [-0.15, -0.1) is 0 Å². The van der Waals surface area contributed by atoms with Gasteiger partial charge < -0.3 is 4.74 Å². The van der Waals surface area contributed by atoms with E-state index >= 15 is 0 Å². The first-order valence-electron chi connectivity index (χ1n) is 8.20. The van der Waals surface area contributed by atoms with Crippen LogP contribution >= 0.6 is 0 Å². The van der Waals surface area contributed by atoms with E-state index < -0.39 is 6.67 Å². The third-order valence-electron chi connectivity index (χ3n) is 4.60. The van der Waals surface area contributed by atoms with Crippen LogP contribution < -0.4 is 4.74 Å². The molecule has 1 saturated heterocycles. The van der Waals surface area contributed by atoms with E-state index in [4.69, 9.17) is 4.74 Å². The van der Waals surface area contributed by atoms with Gasteiger partial charge in [-0.25, -0.2) is 18.4 Å². The lowest BCUT2D eigenvalue weighted by Gasteiger charge is -2.32. The van der Waals surface area contributed by atoms with Crippen molar-refractivity contribution in [1.29, 1.82) is 0 Å². The van der Waals surface area contributed by atoms with E-state index in [0.29, 0.717) is 12.3 Å². The number of aryl methyl sites for hydroxylation is 1. The summed E-state index contributed by atoms with van der Waals surface area (Å²) in [5.41, 5.74) is 0.731. The molecule has 0 spiro atoms. The second-order valence-corrected chi connectivity index (χ2v) is 6.00. The van der Waals surface area contributed by atoms with Crippen molar-refractivity contribution in [2.45, 2.75) is 31.8 Å². The quantitative estimate of drug-likeness (QED) is 0.814. The monoisotopic (exact) mass is 336 g/mol. The summed E-state index contributed by atoms with van der Waals surface area (Å²) in [6, 6.07) is 5.32. The number of hydrogen-bond donors (Lipinski definition) is 0. The molecule has 0 unspecified atom stereocenters. The van der Waals surface area contributed by atoms with Gasteiger partial charge >= 0.3 is 0 Å². The Morgan fingerprint density at radius 2 is 2.08 bits per heavy atom. The van der Waals surface area contributed by atoms with Gasteiger partial charge in [0, 0.05) is 0 Å². The Balaban J connectivity index is 1.61. The fourth-order valence-electron chi connectivity index (χ4n) is 3.28. The number of likely N-dealkylation sites (tertiary alicyclic amines) is 1. The van der Waals surface area contributed by atoms with Crippen molar-refractivity contribution >= 4 is 0 Å². The molecule has 1 aromatic heterocycles. The molecule has 3 rings (SSSR count). The maximum Gasteiger partial charge on any atom is 0.168 e. The third kappa shape index (κ3) is 3.56. The molecular weight excluding hydrogens is 314 g/mol. The van der Waals surface area contributed by atoms with Crippen LogP contribution in [0.1, 0.15) is 30.1 Å². The van der Waals surface area contributed by atoms with Crippen LogP contribution in [0, 0.1) is 5.82 Å². The summed E-state index contributed by atoms with van der Waals surface area (Å²) in [7, 11) is 1.48. The molecule has 0 aliphatic carbocycles. The Labute approximate surface area is 140 Å². The molecule has 7 heteroatoms. The van der Waals surface area contributed by atoms with Gasteiger partial charge in [-0.2, -0.15) is 5.10 Å². The van der Waals surface area contributed by atoms with Gasteiger partial charge in [-0.1, -0.05) is 12.1 Å². The molecule has 2 heterocycles. The molecule has 130 valence electrons. The molecule has 1 fully saturated rings. The smallest absolute Gasteiger partial charge is 0.168 e. The highest BCUT2D eigenvalue weighted by molar-refractivity contribution is 5.33. The maximum absolute atomic E-state index is 14.4. The van der Waals surface area contributed by atoms with Gasteiger partial charge in [0.1, 0.15) is 18.8 Å². The predicted molar refractivity (Wildman–Crippen MR) is 86.2 cm³/mol. The Morgan fingerprint density at radius 3 is 2.79 bits per heavy atom. The van der Waals surface area contributed by atoms with Crippen molar-refractivity contribution in [3.63, 3.8) is 0 Å². The zero-order valence-electron chi connectivity index (χ0n) is 13.8. The zero-order valence-corrected chi connectivity index (χ0v) is 13.8. The fourth-order valence-corrected chi connectivity index (χ4v) is 3.28. The second kappa shape index (κ2) is 7.70. The Bertz CT molecular complexity index is 668. The summed E-state index contributed by atoms with van der Waals surface area (Å²) in [6.45, 7) is 2.13. The average molecular weight is 336 g/mol. The SMILES string of the molecule is COc1cccc(C2CCN(Cc3ncnn3CCF)CC2)c1F. The highest BCUT2D eigenvalue weighted by Crippen LogP contribution is 2.33. The molecule has 1 aliphatic rings. The average Bonchev–Trinajstić information content (AvgIpc) is 3.03. The number of rotatable bonds is 6. The van der Waals surface area contributed by atoms with Crippen LogP contribution in [-0.4, -0.2) is 46.5 Å². The lowest BCUT2D eigenvalue weighted by Crippen LogP contribution is -2.33. The Morgan fingerprint density at radius 1 is 1.29 bits per heavy atom. The van der Waals surface area contributed by atoms with Crippen LogP contribution in [0.2, 0.25) is 0 Å². The summed E-state index contributed by atoms with van der Waals surface area (Å²) in [5, 5.41) is 4.04. The van der Waals surface area contributed by atoms with Gasteiger partial charge in [-0.3, -0.25) is 4.90 Å². The van der Waals surface area contributed by atoms with Crippen molar-refractivity contribution in [2.75, 3.05) is 26.9 Å². The van der Waals surface area contributed by atoms with Crippen molar-refractivity contribution in [2.24, 2.45) is 0 Å². The molecular formula is C17H22F2N4O. The minimum absolute atomic E-state index is 0.195. The largest absolute Gasteiger partial charge is 0.494 e. The number of aromatic nitrogens is 3. The number of halogens is 2. The fraction of sp³-hybridized carbons (Fsp3) is 0.529. The molecule has 24 heavy (non-hydrogen) atoms. The Hall–Kier alpha value is -2.02. The van der Waals surface area contributed by atoms with Crippen LogP contribution in [0.4, 0.5) is 8.78 Å². The summed E-state index contributed by atoms with van der Waals surface area (Å²) in [6.07, 6.45) is 3.21. The van der Waals surface area contributed by atoms with E-state index in [1.807, 2.05) is 12.1 Å². The molecule has 2 aromatic rings. The number of hydrogen-bond acceptors (Lipinski definition) is 4. The van der Waals surface area contributed by atoms with Gasteiger partial charge in [0.15, 0.2) is 11.6 Å². The third-order valence-corrected chi connectivity index (χ3v) is 4.60. The topological polar surface area (TPSA) is 43.2 Å². The molecule has 5 nitrogen and oxygen atoms in total. The maximum atomic E-state index is 14.4. The number of benzene rings is 1. The highest BCUT2D eigenvalue weighted by atomic mass is 19.1. The van der Waals surface area contributed by atoms with Gasteiger partial charge in [0.25, 0.3) is 0 Å². The number of ether oxygens (including phenoxy) is 1. The summed E-state index contributed by atoms with van der Waals surface area (Å²) in [5.74, 6) is 1.02. The first-order valence-corrected chi connectivity index (χ1v) is 8.20.